The number of carbonyl (C=O) groups excluding carboxylic acids is 1. The summed E-state index contributed by atoms with van der Waals surface area (Å²) in [7, 11) is 1.49. The lowest BCUT2D eigenvalue weighted by Gasteiger charge is -2.37. The van der Waals surface area contributed by atoms with E-state index in [0.29, 0.717) is 0 Å². The first-order valence-corrected chi connectivity index (χ1v) is 10.3. The molecule has 0 radical (unpaired) electrons. The highest BCUT2D eigenvalue weighted by Gasteiger charge is 2.38. The summed E-state index contributed by atoms with van der Waals surface area (Å²) < 4.78 is 17.1. The monoisotopic (exact) mass is 362 g/mol. The molecule has 0 bridgehead atoms. The van der Waals surface area contributed by atoms with Crippen LogP contribution in [-0.4, -0.2) is 32.1 Å². The molecule has 0 N–H and O–H groups in total. The van der Waals surface area contributed by atoms with E-state index in [1.54, 1.807) is 0 Å². The molecule has 0 amide bonds. The summed E-state index contributed by atoms with van der Waals surface area (Å²) in [6.07, 6.45) is 13.2. The van der Waals surface area contributed by atoms with Gasteiger partial charge < -0.3 is 14.2 Å². The average molecular weight is 363 g/mol. The van der Waals surface area contributed by atoms with Gasteiger partial charge in [0.25, 0.3) is 0 Å². The molecule has 3 aliphatic rings. The normalized spacial score (nSPS) is 32.5. The van der Waals surface area contributed by atoms with E-state index in [2.05, 4.69) is 19.9 Å². The van der Waals surface area contributed by atoms with Gasteiger partial charge in [-0.05, 0) is 82.1 Å². The van der Waals surface area contributed by atoms with Crippen LogP contribution in [0.15, 0.2) is 22.8 Å². The zero-order valence-electron chi connectivity index (χ0n) is 16.6. The van der Waals surface area contributed by atoms with Crippen molar-refractivity contribution in [2.75, 3.05) is 13.7 Å². The summed E-state index contributed by atoms with van der Waals surface area (Å²) in [5.74, 6) is -0.145. The molecule has 3 atom stereocenters. The van der Waals surface area contributed by atoms with Gasteiger partial charge in [0.1, 0.15) is 0 Å². The summed E-state index contributed by atoms with van der Waals surface area (Å²) in [6, 6.07) is 0. The lowest BCUT2D eigenvalue weighted by Crippen LogP contribution is -2.31. The number of esters is 1. The predicted octanol–water partition coefficient (Wildman–Crippen LogP) is 5.08. The largest absolute Gasteiger partial charge is 0.466 e. The number of methoxy groups -OCH3 is 1. The highest BCUT2D eigenvalue weighted by Crippen LogP contribution is 2.46. The Bertz CT molecular complexity index is 571. The van der Waals surface area contributed by atoms with Gasteiger partial charge in [0.2, 0.25) is 0 Å². The second kappa shape index (κ2) is 8.71. The summed E-state index contributed by atoms with van der Waals surface area (Å²) >= 11 is 0. The zero-order chi connectivity index (χ0) is 18.6. The minimum absolute atomic E-state index is 0.0340. The molecule has 0 unspecified atom stereocenters. The summed E-state index contributed by atoms with van der Waals surface area (Å²) in [5, 5.41) is 0. The number of allylic oxidation sites excluding steroid dienone is 2. The van der Waals surface area contributed by atoms with Gasteiger partial charge in [-0.15, -0.1) is 0 Å². The van der Waals surface area contributed by atoms with Crippen LogP contribution in [0.25, 0.3) is 0 Å². The maximum atomic E-state index is 12.4. The van der Waals surface area contributed by atoms with Crippen molar-refractivity contribution in [3.63, 3.8) is 0 Å². The number of ether oxygens (including phenoxy) is 3. The molecule has 1 aliphatic heterocycles. The fourth-order valence-electron chi connectivity index (χ4n) is 4.86. The molecule has 146 valence electrons. The van der Waals surface area contributed by atoms with E-state index in [-0.39, 0.29) is 23.8 Å². The summed E-state index contributed by atoms with van der Waals surface area (Å²) in [6.45, 7) is 5.14. The van der Waals surface area contributed by atoms with Crippen LogP contribution in [-0.2, 0) is 19.0 Å². The number of hydrogen-bond donors (Lipinski definition) is 0. The first-order chi connectivity index (χ1) is 12.5. The molecule has 1 fully saturated rings. The van der Waals surface area contributed by atoms with Crippen molar-refractivity contribution in [3.8, 4) is 0 Å². The smallest absolute Gasteiger partial charge is 0.334 e. The Morgan fingerprint density at radius 3 is 2.88 bits per heavy atom. The summed E-state index contributed by atoms with van der Waals surface area (Å²) in [5.41, 5.74) is 3.42. The molecule has 0 spiro atoms. The molecular weight excluding hydrogens is 328 g/mol. The van der Waals surface area contributed by atoms with Gasteiger partial charge in [0.05, 0.1) is 13.2 Å². The molecule has 2 aliphatic carbocycles. The van der Waals surface area contributed by atoms with Gasteiger partial charge in [-0.3, -0.25) is 0 Å². The van der Waals surface area contributed by atoms with Crippen molar-refractivity contribution in [3.05, 3.63) is 22.8 Å². The topological polar surface area (TPSA) is 44.8 Å². The van der Waals surface area contributed by atoms with E-state index < -0.39 is 0 Å². The van der Waals surface area contributed by atoms with Crippen LogP contribution in [0.2, 0.25) is 0 Å². The first kappa shape index (κ1) is 19.6. The van der Waals surface area contributed by atoms with Crippen molar-refractivity contribution >= 4 is 5.97 Å². The highest BCUT2D eigenvalue weighted by molar-refractivity contribution is 5.91. The van der Waals surface area contributed by atoms with Gasteiger partial charge >= 0.3 is 5.97 Å². The van der Waals surface area contributed by atoms with E-state index >= 15 is 0 Å². The predicted molar refractivity (Wildman–Crippen MR) is 102 cm³/mol. The van der Waals surface area contributed by atoms with Crippen molar-refractivity contribution in [1.82, 2.24) is 0 Å². The lowest BCUT2D eigenvalue weighted by molar-refractivity contribution is -0.180. The number of hydrogen-bond acceptors (Lipinski definition) is 4. The third kappa shape index (κ3) is 4.40. The minimum atomic E-state index is -0.145. The zero-order valence-corrected chi connectivity index (χ0v) is 16.6. The Morgan fingerprint density at radius 2 is 2.15 bits per heavy atom. The van der Waals surface area contributed by atoms with Gasteiger partial charge in [0, 0.05) is 12.2 Å². The Balaban J connectivity index is 1.62. The van der Waals surface area contributed by atoms with Crippen molar-refractivity contribution in [2.45, 2.75) is 90.4 Å². The van der Waals surface area contributed by atoms with Crippen LogP contribution < -0.4 is 0 Å². The van der Waals surface area contributed by atoms with E-state index in [1.165, 1.54) is 24.7 Å². The van der Waals surface area contributed by atoms with Crippen LogP contribution in [0.3, 0.4) is 0 Å². The molecule has 3 rings (SSSR count). The van der Waals surface area contributed by atoms with Crippen LogP contribution >= 0.6 is 0 Å². The van der Waals surface area contributed by atoms with E-state index in [0.717, 1.165) is 70.0 Å². The van der Waals surface area contributed by atoms with E-state index in [9.17, 15) is 4.79 Å². The van der Waals surface area contributed by atoms with Crippen LogP contribution in [0.1, 0.15) is 78.1 Å². The summed E-state index contributed by atoms with van der Waals surface area (Å²) in [4.78, 5) is 12.4. The molecule has 0 aromatic carbocycles. The SMILES string of the molecule is COC(=O)C1=C(C)CCC[C@@]1(C)CCC1=CCC[C@H]1O[C@@H]1CCCCO1. The van der Waals surface area contributed by atoms with E-state index in [4.69, 9.17) is 14.2 Å². The fraction of sp³-hybridized carbons (Fsp3) is 0.773. The molecule has 0 aromatic rings. The average Bonchev–Trinajstić information content (AvgIpc) is 3.07. The van der Waals surface area contributed by atoms with Gasteiger partial charge in [-0.2, -0.15) is 0 Å². The Labute approximate surface area is 158 Å². The maximum absolute atomic E-state index is 12.4. The molecule has 0 saturated carbocycles. The molecule has 1 saturated heterocycles. The van der Waals surface area contributed by atoms with Gasteiger partial charge in [-0.1, -0.05) is 18.6 Å². The first-order valence-electron chi connectivity index (χ1n) is 10.3. The Kier molecular flexibility index (Phi) is 6.57. The number of carbonyl (C=O) groups is 1. The van der Waals surface area contributed by atoms with Gasteiger partial charge in [-0.25, -0.2) is 4.79 Å². The Hall–Kier alpha value is -1.13. The standard InChI is InChI=1S/C22H34O4/c1-16-8-7-13-22(2,20(16)21(23)24-3)14-12-17-9-6-10-18(17)26-19-11-4-5-15-25-19/h9,18-19H,4-8,10-15H2,1-3H3/t18-,19-,22+/m1/s1. The van der Waals surface area contributed by atoms with E-state index in [1.807, 2.05) is 0 Å². The third-order valence-electron chi connectivity index (χ3n) is 6.37. The molecule has 0 aromatic heterocycles. The van der Waals surface area contributed by atoms with Crippen molar-refractivity contribution in [1.29, 1.82) is 0 Å². The number of rotatable bonds is 6. The third-order valence-corrected chi connectivity index (χ3v) is 6.37. The highest BCUT2D eigenvalue weighted by atomic mass is 16.7. The Morgan fingerprint density at radius 1 is 1.31 bits per heavy atom. The van der Waals surface area contributed by atoms with Crippen molar-refractivity contribution in [2.24, 2.45) is 5.41 Å². The van der Waals surface area contributed by atoms with Crippen molar-refractivity contribution < 1.29 is 19.0 Å². The molecule has 4 heteroatoms. The van der Waals surface area contributed by atoms with Crippen LogP contribution in [0, 0.1) is 5.41 Å². The second-order valence-corrected chi connectivity index (χ2v) is 8.34. The fourth-order valence-corrected chi connectivity index (χ4v) is 4.86. The molecule has 1 heterocycles. The van der Waals surface area contributed by atoms with Gasteiger partial charge in [0.15, 0.2) is 6.29 Å². The van der Waals surface area contributed by atoms with Crippen LogP contribution in [0.4, 0.5) is 0 Å². The molecule has 4 nitrogen and oxygen atoms in total. The minimum Gasteiger partial charge on any atom is -0.466 e. The second-order valence-electron chi connectivity index (χ2n) is 8.34. The quantitative estimate of drug-likeness (QED) is 0.488. The lowest BCUT2D eigenvalue weighted by atomic mass is 9.68. The van der Waals surface area contributed by atoms with Crippen LogP contribution in [0.5, 0.6) is 0 Å². The molecule has 26 heavy (non-hydrogen) atoms. The maximum Gasteiger partial charge on any atom is 0.334 e. The molecular formula is C22H34O4.